The number of hydrogen-bond donors (Lipinski definition) is 2. The van der Waals surface area contributed by atoms with E-state index in [2.05, 4.69) is 86.8 Å². The molecule has 0 saturated carbocycles. The molecule has 0 saturated heterocycles. The van der Waals surface area contributed by atoms with Crippen molar-refractivity contribution in [2.24, 2.45) is 5.73 Å². The SMILES string of the molecule is CCCCC/C=C\C/C=C\C/C=C\C/C=C\C/C=C\CCC(=O)O[C@H](COC(=O)CCCCCCCCCCC/C=C\C/C=C\CCCCC)COP(=O)(O)OCCN. The minimum Gasteiger partial charge on any atom is -0.462 e. The lowest BCUT2D eigenvalue weighted by molar-refractivity contribution is -0.161. The third-order valence-corrected chi connectivity index (χ3v) is 10.3. The van der Waals surface area contributed by atoms with Crippen molar-refractivity contribution in [1.82, 2.24) is 0 Å². The van der Waals surface area contributed by atoms with E-state index in [0.717, 1.165) is 57.8 Å². The fraction of sp³-hybridized carbons (Fsp3) is 0.673. The Bertz CT molecular complexity index is 1240. The van der Waals surface area contributed by atoms with Gasteiger partial charge in [0.2, 0.25) is 0 Å². The lowest BCUT2D eigenvalue weighted by Crippen LogP contribution is -2.29. The highest BCUT2D eigenvalue weighted by molar-refractivity contribution is 7.47. The summed E-state index contributed by atoms with van der Waals surface area (Å²) in [6.45, 7) is 3.58. The number of allylic oxidation sites excluding steroid dienone is 14. The molecular formula is C49H84NO8P. The van der Waals surface area contributed by atoms with Gasteiger partial charge in [-0.25, -0.2) is 4.57 Å². The highest BCUT2D eigenvalue weighted by atomic mass is 31.2. The van der Waals surface area contributed by atoms with Gasteiger partial charge in [-0.2, -0.15) is 0 Å². The van der Waals surface area contributed by atoms with Crippen LogP contribution in [0.25, 0.3) is 0 Å². The molecule has 338 valence electrons. The Kier molecular flexibility index (Phi) is 42.6. The van der Waals surface area contributed by atoms with Crippen LogP contribution in [0.5, 0.6) is 0 Å². The number of carbonyl (C=O) groups excluding carboxylic acids is 2. The van der Waals surface area contributed by atoms with Crippen molar-refractivity contribution in [1.29, 1.82) is 0 Å². The van der Waals surface area contributed by atoms with Crippen molar-refractivity contribution in [3.63, 3.8) is 0 Å². The van der Waals surface area contributed by atoms with Crippen LogP contribution in [0.1, 0.15) is 181 Å². The van der Waals surface area contributed by atoms with Gasteiger partial charge in [-0.3, -0.25) is 18.6 Å². The minimum atomic E-state index is -4.40. The van der Waals surface area contributed by atoms with Crippen LogP contribution >= 0.6 is 7.82 Å². The first-order valence-corrected chi connectivity index (χ1v) is 24.6. The molecule has 0 heterocycles. The molecule has 9 nitrogen and oxygen atoms in total. The molecule has 2 atom stereocenters. The molecule has 0 spiro atoms. The highest BCUT2D eigenvalue weighted by Crippen LogP contribution is 2.43. The Morgan fingerprint density at radius 2 is 0.915 bits per heavy atom. The number of nitrogens with two attached hydrogens (primary N) is 1. The molecule has 0 radical (unpaired) electrons. The Morgan fingerprint density at radius 3 is 1.37 bits per heavy atom. The van der Waals surface area contributed by atoms with Gasteiger partial charge in [0.05, 0.1) is 13.2 Å². The number of phosphoric ester groups is 1. The van der Waals surface area contributed by atoms with Gasteiger partial charge in [0.15, 0.2) is 6.10 Å². The predicted molar refractivity (Wildman–Crippen MR) is 247 cm³/mol. The molecular weight excluding hydrogens is 762 g/mol. The summed E-state index contributed by atoms with van der Waals surface area (Å²) in [5.74, 6) is -0.935. The zero-order valence-corrected chi connectivity index (χ0v) is 38.1. The first-order valence-electron chi connectivity index (χ1n) is 23.1. The maximum absolute atomic E-state index is 12.6. The van der Waals surface area contributed by atoms with Gasteiger partial charge in [0.25, 0.3) is 0 Å². The third-order valence-electron chi connectivity index (χ3n) is 9.27. The van der Waals surface area contributed by atoms with E-state index in [0.29, 0.717) is 12.8 Å². The first kappa shape index (κ1) is 56.2. The van der Waals surface area contributed by atoms with E-state index < -0.39 is 32.5 Å². The Morgan fingerprint density at radius 1 is 0.508 bits per heavy atom. The van der Waals surface area contributed by atoms with Crippen molar-refractivity contribution >= 4 is 19.8 Å². The summed E-state index contributed by atoms with van der Waals surface area (Å²) in [4.78, 5) is 34.9. The zero-order valence-electron chi connectivity index (χ0n) is 37.2. The van der Waals surface area contributed by atoms with E-state index in [-0.39, 0.29) is 32.6 Å². The van der Waals surface area contributed by atoms with Crippen LogP contribution in [0.2, 0.25) is 0 Å². The molecule has 0 aromatic carbocycles. The average Bonchev–Trinajstić information content (AvgIpc) is 3.22. The standard InChI is InChI=1S/C49H84NO8P/c1-3-5-7-9-11-13-15-17-19-21-23-25-27-29-31-33-35-37-39-41-48(51)55-45-47(46-57-59(53,54)56-44-43-50)58-49(52)42-40-38-36-34-32-30-28-26-24-22-20-18-16-14-12-10-8-6-4-2/h11-14,17-20,24,26,30,32,36,38,47H,3-10,15-16,21-23,25,27-29,31,33-35,37,39-46,50H2,1-2H3,(H,53,54)/b13-11-,14-12-,19-17-,20-18-,26-24-,32-30-,38-36-/t47-/m1/s1. The molecule has 59 heavy (non-hydrogen) atoms. The van der Waals surface area contributed by atoms with Crippen molar-refractivity contribution < 1.29 is 37.6 Å². The fourth-order valence-corrected chi connectivity index (χ4v) is 6.59. The van der Waals surface area contributed by atoms with E-state index in [4.69, 9.17) is 24.3 Å². The Hall–Kier alpha value is -2.81. The number of phosphoric acid groups is 1. The van der Waals surface area contributed by atoms with Crippen molar-refractivity contribution in [2.45, 2.75) is 187 Å². The van der Waals surface area contributed by atoms with Crippen LogP contribution in [0, 0.1) is 0 Å². The zero-order chi connectivity index (χ0) is 43.2. The first-order chi connectivity index (χ1) is 28.8. The quantitative estimate of drug-likeness (QED) is 0.0266. The summed E-state index contributed by atoms with van der Waals surface area (Å²) < 4.78 is 32.7. The van der Waals surface area contributed by atoms with Gasteiger partial charge in [0.1, 0.15) is 6.61 Å². The second-order valence-corrected chi connectivity index (χ2v) is 16.4. The molecule has 0 aliphatic carbocycles. The average molecular weight is 846 g/mol. The summed E-state index contributed by atoms with van der Waals surface area (Å²) in [5.41, 5.74) is 5.35. The smallest absolute Gasteiger partial charge is 0.462 e. The van der Waals surface area contributed by atoms with Gasteiger partial charge in [-0.15, -0.1) is 0 Å². The maximum Gasteiger partial charge on any atom is 0.472 e. The predicted octanol–water partition coefficient (Wildman–Crippen LogP) is 13.6. The molecule has 0 aromatic heterocycles. The minimum absolute atomic E-state index is 0.0375. The van der Waals surface area contributed by atoms with E-state index in [9.17, 15) is 19.0 Å². The molecule has 0 amide bonds. The monoisotopic (exact) mass is 846 g/mol. The number of esters is 2. The van der Waals surface area contributed by atoms with Crippen molar-refractivity contribution in [3.05, 3.63) is 85.1 Å². The van der Waals surface area contributed by atoms with E-state index in [1.54, 1.807) is 0 Å². The van der Waals surface area contributed by atoms with Crippen LogP contribution in [0.4, 0.5) is 0 Å². The molecule has 0 fully saturated rings. The summed E-state index contributed by atoms with van der Waals surface area (Å²) in [5, 5.41) is 0. The molecule has 0 rings (SSSR count). The fourth-order valence-electron chi connectivity index (χ4n) is 5.82. The second kappa shape index (κ2) is 44.7. The third kappa shape index (κ3) is 44.6. The van der Waals surface area contributed by atoms with Crippen LogP contribution < -0.4 is 5.73 Å². The molecule has 3 N–H and O–H groups in total. The summed E-state index contributed by atoms with van der Waals surface area (Å²) in [6.07, 6.45) is 56.2. The van der Waals surface area contributed by atoms with Crippen LogP contribution in [0.15, 0.2) is 85.1 Å². The Labute approximate surface area is 360 Å². The van der Waals surface area contributed by atoms with Gasteiger partial charge < -0.3 is 20.1 Å². The summed E-state index contributed by atoms with van der Waals surface area (Å²) in [6, 6.07) is 0. The van der Waals surface area contributed by atoms with E-state index in [1.165, 1.54) is 83.5 Å². The summed E-state index contributed by atoms with van der Waals surface area (Å²) in [7, 11) is -4.40. The maximum atomic E-state index is 12.6. The number of carbonyl (C=O) groups is 2. The van der Waals surface area contributed by atoms with E-state index >= 15 is 0 Å². The van der Waals surface area contributed by atoms with Crippen molar-refractivity contribution in [2.75, 3.05) is 26.4 Å². The molecule has 0 bridgehead atoms. The van der Waals surface area contributed by atoms with Gasteiger partial charge >= 0.3 is 19.8 Å². The van der Waals surface area contributed by atoms with E-state index in [1.807, 2.05) is 12.2 Å². The summed E-state index contributed by atoms with van der Waals surface area (Å²) >= 11 is 0. The van der Waals surface area contributed by atoms with Gasteiger partial charge in [-0.05, 0) is 83.5 Å². The molecule has 0 aliphatic heterocycles. The van der Waals surface area contributed by atoms with Crippen LogP contribution in [-0.2, 0) is 32.7 Å². The van der Waals surface area contributed by atoms with Crippen LogP contribution in [0.3, 0.4) is 0 Å². The largest absolute Gasteiger partial charge is 0.472 e. The lowest BCUT2D eigenvalue weighted by Gasteiger charge is -2.19. The lowest BCUT2D eigenvalue weighted by atomic mass is 10.1. The molecule has 0 aliphatic rings. The number of unbranched alkanes of at least 4 members (excludes halogenated alkanes) is 15. The van der Waals surface area contributed by atoms with Gasteiger partial charge in [-0.1, -0.05) is 170 Å². The second-order valence-electron chi connectivity index (χ2n) is 14.9. The number of ether oxygens (including phenoxy) is 2. The highest BCUT2D eigenvalue weighted by Gasteiger charge is 2.25. The Balaban J connectivity index is 4.26. The molecule has 1 unspecified atom stereocenters. The number of rotatable bonds is 42. The topological polar surface area (TPSA) is 134 Å². The number of hydrogen-bond acceptors (Lipinski definition) is 8. The molecule has 0 aromatic rings. The molecule has 10 heteroatoms. The van der Waals surface area contributed by atoms with Gasteiger partial charge in [0, 0.05) is 19.4 Å². The normalized spacial score (nSPS) is 14.0. The van der Waals surface area contributed by atoms with Crippen molar-refractivity contribution in [3.8, 4) is 0 Å². The van der Waals surface area contributed by atoms with Crippen LogP contribution in [-0.4, -0.2) is 49.3 Å².